The third kappa shape index (κ3) is 5.46. The monoisotopic (exact) mass is 446 g/mol. The first-order chi connectivity index (χ1) is 16.3. The van der Waals surface area contributed by atoms with E-state index in [2.05, 4.69) is 52.4 Å². The number of methoxy groups -OCH3 is 1. The zero-order chi connectivity index (χ0) is 22.5. The number of nitrogens with zero attached hydrogens (tertiary/aromatic N) is 4. The molecule has 0 unspecified atom stereocenters. The Bertz CT molecular complexity index is 1020. The van der Waals surface area contributed by atoms with Crippen LogP contribution in [0.2, 0.25) is 0 Å². The van der Waals surface area contributed by atoms with Crippen molar-refractivity contribution in [3.8, 4) is 22.7 Å². The Balaban J connectivity index is 1.31. The summed E-state index contributed by atoms with van der Waals surface area (Å²) in [6.45, 7) is 8.37. The Morgan fingerprint density at radius 2 is 1.73 bits per heavy atom. The van der Waals surface area contributed by atoms with Crippen molar-refractivity contribution in [2.24, 2.45) is 5.92 Å². The molecule has 0 saturated carbocycles. The van der Waals surface area contributed by atoms with Crippen molar-refractivity contribution in [2.45, 2.75) is 19.4 Å². The fourth-order valence-corrected chi connectivity index (χ4v) is 4.97. The van der Waals surface area contributed by atoms with Crippen molar-refractivity contribution in [1.82, 2.24) is 19.6 Å². The fourth-order valence-electron chi connectivity index (χ4n) is 4.97. The van der Waals surface area contributed by atoms with Crippen LogP contribution < -0.4 is 4.74 Å². The fraction of sp³-hybridized carbons (Fsp3) is 0.444. The average molecular weight is 447 g/mol. The van der Waals surface area contributed by atoms with E-state index in [0.717, 1.165) is 74.5 Å². The molecule has 5 rings (SSSR count). The smallest absolute Gasteiger partial charge is 0.119 e. The van der Waals surface area contributed by atoms with Crippen molar-refractivity contribution < 1.29 is 9.47 Å². The molecule has 0 N–H and O–H groups in total. The van der Waals surface area contributed by atoms with Gasteiger partial charge in [0, 0.05) is 43.5 Å². The predicted octanol–water partition coefficient (Wildman–Crippen LogP) is 4.09. The van der Waals surface area contributed by atoms with Gasteiger partial charge in [-0.25, -0.2) is 4.68 Å². The first-order valence-electron chi connectivity index (χ1n) is 12.1. The molecule has 0 aliphatic carbocycles. The van der Waals surface area contributed by atoms with Crippen LogP contribution in [0, 0.1) is 5.92 Å². The molecule has 0 spiro atoms. The molecule has 0 atom stereocenters. The molecule has 33 heavy (non-hydrogen) atoms. The van der Waals surface area contributed by atoms with E-state index < -0.39 is 0 Å². The molecule has 3 heterocycles. The second kappa shape index (κ2) is 10.5. The molecule has 2 aromatic carbocycles. The molecule has 174 valence electrons. The maximum absolute atomic E-state index is 5.50. The van der Waals surface area contributed by atoms with E-state index in [4.69, 9.17) is 14.6 Å². The zero-order valence-electron chi connectivity index (χ0n) is 19.5. The number of benzene rings is 2. The summed E-state index contributed by atoms with van der Waals surface area (Å²) in [7, 11) is 1.71. The summed E-state index contributed by atoms with van der Waals surface area (Å²) in [6, 6.07) is 18.6. The van der Waals surface area contributed by atoms with E-state index in [-0.39, 0.29) is 0 Å². The van der Waals surface area contributed by atoms with E-state index in [9.17, 15) is 0 Å². The highest BCUT2D eigenvalue weighted by Gasteiger charge is 2.24. The molecule has 0 bridgehead atoms. The largest absolute Gasteiger partial charge is 0.497 e. The van der Waals surface area contributed by atoms with Crippen LogP contribution in [0.15, 0.2) is 60.8 Å². The van der Waals surface area contributed by atoms with Gasteiger partial charge in [0.15, 0.2) is 0 Å². The summed E-state index contributed by atoms with van der Waals surface area (Å²) in [5.74, 6) is 1.65. The Morgan fingerprint density at radius 1 is 0.939 bits per heavy atom. The Kier molecular flexibility index (Phi) is 7.05. The van der Waals surface area contributed by atoms with Gasteiger partial charge in [0.25, 0.3) is 0 Å². The number of hydrogen-bond acceptors (Lipinski definition) is 5. The van der Waals surface area contributed by atoms with Gasteiger partial charge >= 0.3 is 0 Å². The number of aromatic nitrogens is 2. The highest BCUT2D eigenvalue weighted by molar-refractivity contribution is 5.65. The maximum Gasteiger partial charge on any atom is 0.119 e. The van der Waals surface area contributed by atoms with Gasteiger partial charge in [0.1, 0.15) is 5.75 Å². The zero-order valence-corrected chi connectivity index (χ0v) is 19.5. The minimum atomic E-state index is 0.796. The number of piperidine rings is 1. The SMILES string of the molecule is COc1cccc(-c2nn(-c3ccccc3)cc2CN2CCC(CN3CCOCC3)CC2)c1. The lowest BCUT2D eigenvalue weighted by Gasteiger charge is -2.36. The molecule has 2 aliphatic heterocycles. The van der Waals surface area contributed by atoms with Crippen LogP contribution in [-0.2, 0) is 11.3 Å². The first-order valence-corrected chi connectivity index (χ1v) is 12.1. The number of para-hydroxylation sites is 1. The van der Waals surface area contributed by atoms with E-state index in [1.165, 1.54) is 24.9 Å². The minimum absolute atomic E-state index is 0.796. The molecule has 3 aromatic rings. The summed E-state index contributed by atoms with van der Waals surface area (Å²) in [5, 5.41) is 5.00. The topological polar surface area (TPSA) is 42.8 Å². The predicted molar refractivity (Wildman–Crippen MR) is 131 cm³/mol. The quantitative estimate of drug-likeness (QED) is 0.547. The summed E-state index contributed by atoms with van der Waals surface area (Å²) in [4.78, 5) is 5.17. The van der Waals surface area contributed by atoms with Crippen LogP contribution in [0.25, 0.3) is 16.9 Å². The van der Waals surface area contributed by atoms with Gasteiger partial charge in [-0.1, -0.05) is 30.3 Å². The summed E-state index contributed by atoms with van der Waals surface area (Å²) < 4.78 is 13.0. The van der Waals surface area contributed by atoms with Crippen molar-refractivity contribution in [3.63, 3.8) is 0 Å². The molecule has 6 heteroatoms. The standard InChI is InChI=1S/C27H34N4O2/c1-32-26-9-5-6-23(18-26)27-24(21-31(28-27)25-7-3-2-4-8-25)20-29-12-10-22(11-13-29)19-30-14-16-33-17-15-30/h2-9,18,21-22H,10-17,19-20H2,1H3. The van der Waals surface area contributed by atoms with Crippen molar-refractivity contribution in [3.05, 3.63) is 66.4 Å². The first kappa shape index (κ1) is 22.1. The molecule has 0 amide bonds. The van der Waals surface area contributed by atoms with Gasteiger partial charge in [-0.05, 0) is 56.1 Å². The lowest BCUT2D eigenvalue weighted by molar-refractivity contribution is 0.0242. The summed E-state index contributed by atoms with van der Waals surface area (Å²) in [5.41, 5.74) is 4.48. The van der Waals surface area contributed by atoms with Crippen molar-refractivity contribution in [1.29, 1.82) is 0 Å². The van der Waals surface area contributed by atoms with Crippen LogP contribution in [0.3, 0.4) is 0 Å². The number of morpholine rings is 1. The van der Waals surface area contributed by atoms with E-state index in [1.807, 2.05) is 22.9 Å². The third-order valence-corrected chi connectivity index (χ3v) is 6.88. The van der Waals surface area contributed by atoms with Gasteiger partial charge in [-0.2, -0.15) is 5.10 Å². The average Bonchev–Trinajstić information content (AvgIpc) is 3.30. The molecular formula is C27H34N4O2. The van der Waals surface area contributed by atoms with Crippen LogP contribution in [-0.4, -0.2) is 72.6 Å². The van der Waals surface area contributed by atoms with Gasteiger partial charge in [-0.3, -0.25) is 9.80 Å². The summed E-state index contributed by atoms with van der Waals surface area (Å²) in [6.07, 6.45) is 4.72. The van der Waals surface area contributed by atoms with Crippen LogP contribution in [0.1, 0.15) is 18.4 Å². The lowest BCUT2D eigenvalue weighted by atomic mass is 9.95. The Morgan fingerprint density at radius 3 is 2.48 bits per heavy atom. The number of ether oxygens (including phenoxy) is 2. The van der Waals surface area contributed by atoms with E-state index in [1.54, 1.807) is 7.11 Å². The van der Waals surface area contributed by atoms with E-state index >= 15 is 0 Å². The Labute approximate surface area is 196 Å². The van der Waals surface area contributed by atoms with Crippen LogP contribution in [0.4, 0.5) is 0 Å². The van der Waals surface area contributed by atoms with Gasteiger partial charge in [0.05, 0.1) is 31.7 Å². The number of hydrogen-bond donors (Lipinski definition) is 0. The van der Waals surface area contributed by atoms with Gasteiger partial charge < -0.3 is 9.47 Å². The summed E-state index contributed by atoms with van der Waals surface area (Å²) >= 11 is 0. The highest BCUT2D eigenvalue weighted by atomic mass is 16.5. The minimum Gasteiger partial charge on any atom is -0.497 e. The second-order valence-corrected chi connectivity index (χ2v) is 9.15. The number of likely N-dealkylation sites (tertiary alicyclic amines) is 1. The molecule has 2 saturated heterocycles. The number of rotatable bonds is 7. The molecule has 2 aliphatic rings. The van der Waals surface area contributed by atoms with Crippen LogP contribution in [0.5, 0.6) is 5.75 Å². The van der Waals surface area contributed by atoms with E-state index in [0.29, 0.717) is 0 Å². The van der Waals surface area contributed by atoms with Crippen LogP contribution >= 0.6 is 0 Å². The normalized spacial score (nSPS) is 18.5. The molecule has 2 fully saturated rings. The van der Waals surface area contributed by atoms with Gasteiger partial charge in [0.2, 0.25) is 0 Å². The highest BCUT2D eigenvalue weighted by Crippen LogP contribution is 2.29. The second-order valence-electron chi connectivity index (χ2n) is 9.15. The lowest BCUT2D eigenvalue weighted by Crippen LogP contribution is -2.42. The molecular weight excluding hydrogens is 412 g/mol. The molecule has 0 radical (unpaired) electrons. The third-order valence-electron chi connectivity index (χ3n) is 6.88. The van der Waals surface area contributed by atoms with Crippen molar-refractivity contribution in [2.75, 3.05) is 53.0 Å². The Hall–Kier alpha value is -2.67. The maximum atomic E-state index is 5.50. The molecule has 6 nitrogen and oxygen atoms in total. The molecule has 1 aromatic heterocycles. The van der Waals surface area contributed by atoms with Crippen molar-refractivity contribution >= 4 is 0 Å². The van der Waals surface area contributed by atoms with Gasteiger partial charge in [-0.15, -0.1) is 0 Å².